The van der Waals surface area contributed by atoms with Crippen molar-refractivity contribution in [1.29, 1.82) is 0 Å². The van der Waals surface area contributed by atoms with Gasteiger partial charge in [-0.05, 0) is 49.2 Å². The van der Waals surface area contributed by atoms with Gasteiger partial charge in [-0.1, -0.05) is 30.7 Å². The third-order valence-corrected chi connectivity index (χ3v) is 3.56. The first-order valence-corrected chi connectivity index (χ1v) is 7.60. The van der Waals surface area contributed by atoms with Gasteiger partial charge in [-0.3, -0.25) is 4.98 Å². The Balaban J connectivity index is 2.11. The van der Waals surface area contributed by atoms with Gasteiger partial charge in [-0.25, -0.2) is 0 Å². The van der Waals surface area contributed by atoms with E-state index in [2.05, 4.69) is 35.4 Å². The molecule has 2 aromatic rings. The summed E-state index contributed by atoms with van der Waals surface area (Å²) in [6.45, 7) is 2.81. The van der Waals surface area contributed by atoms with Gasteiger partial charge in [0.15, 0.2) is 0 Å². The van der Waals surface area contributed by atoms with Gasteiger partial charge in [0.25, 0.3) is 0 Å². The number of likely N-dealkylation sites (N-methyl/N-ethyl adjacent to an activating group) is 1. The monoisotopic (exact) mass is 304 g/mol. The van der Waals surface area contributed by atoms with E-state index in [4.69, 9.17) is 16.3 Å². The number of nitrogens with one attached hydrogen (secondary N) is 1. The van der Waals surface area contributed by atoms with Crippen molar-refractivity contribution in [3.8, 4) is 5.75 Å². The summed E-state index contributed by atoms with van der Waals surface area (Å²) >= 11 is 5.93. The molecule has 0 saturated carbocycles. The first-order valence-electron chi connectivity index (χ1n) is 7.22. The van der Waals surface area contributed by atoms with Gasteiger partial charge in [0.05, 0.1) is 12.8 Å². The summed E-state index contributed by atoms with van der Waals surface area (Å²) in [4.78, 5) is 4.28. The summed E-state index contributed by atoms with van der Waals surface area (Å²) < 4.78 is 5.65. The van der Waals surface area contributed by atoms with Crippen LogP contribution < -0.4 is 10.1 Å². The van der Waals surface area contributed by atoms with Crippen LogP contribution in [0.5, 0.6) is 5.75 Å². The SMILES string of the molecule is CCCOc1cncc(C(Cc2ccc(Cl)cc2)NC)c1. The fourth-order valence-electron chi connectivity index (χ4n) is 2.17. The second kappa shape index (κ2) is 8.01. The highest BCUT2D eigenvalue weighted by atomic mass is 35.5. The summed E-state index contributed by atoms with van der Waals surface area (Å²) in [7, 11) is 1.96. The van der Waals surface area contributed by atoms with Crippen molar-refractivity contribution in [2.45, 2.75) is 25.8 Å². The molecule has 2 rings (SSSR count). The maximum Gasteiger partial charge on any atom is 0.137 e. The molecule has 4 heteroatoms. The molecule has 0 fully saturated rings. The number of pyridine rings is 1. The highest BCUT2D eigenvalue weighted by molar-refractivity contribution is 6.30. The largest absolute Gasteiger partial charge is 0.492 e. The summed E-state index contributed by atoms with van der Waals surface area (Å²) in [6.07, 6.45) is 5.51. The molecule has 0 aliphatic rings. The predicted molar refractivity (Wildman–Crippen MR) is 87.0 cm³/mol. The second-order valence-corrected chi connectivity index (χ2v) is 5.41. The van der Waals surface area contributed by atoms with Crippen LogP contribution in [-0.4, -0.2) is 18.6 Å². The number of nitrogens with zero attached hydrogens (tertiary/aromatic N) is 1. The molecule has 1 aromatic heterocycles. The number of ether oxygens (including phenoxy) is 1. The van der Waals surface area contributed by atoms with E-state index in [-0.39, 0.29) is 6.04 Å². The highest BCUT2D eigenvalue weighted by Crippen LogP contribution is 2.22. The Labute approximate surface area is 131 Å². The molecule has 1 unspecified atom stereocenters. The number of aromatic nitrogens is 1. The lowest BCUT2D eigenvalue weighted by atomic mass is 10.0. The fourth-order valence-corrected chi connectivity index (χ4v) is 2.29. The third-order valence-electron chi connectivity index (χ3n) is 3.31. The van der Waals surface area contributed by atoms with Crippen LogP contribution in [0.25, 0.3) is 0 Å². The molecule has 3 nitrogen and oxygen atoms in total. The zero-order valence-electron chi connectivity index (χ0n) is 12.5. The number of halogens is 1. The summed E-state index contributed by atoms with van der Waals surface area (Å²) in [5, 5.41) is 4.10. The molecular weight excluding hydrogens is 284 g/mol. The zero-order valence-corrected chi connectivity index (χ0v) is 13.2. The predicted octanol–water partition coefficient (Wildman–Crippen LogP) is 4.03. The topological polar surface area (TPSA) is 34.1 Å². The van der Waals surface area contributed by atoms with Crippen LogP contribution >= 0.6 is 11.6 Å². The standard InChI is InChI=1S/C17H21ClN2O/c1-3-8-21-16-10-14(11-20-12-16)17(19-2)9-13-4-6-15(18)7-5-13/h4-7,10-12,17,19H,3,8-9H2,1-2H3. The van der Waals surface area contributed by atoms with Crippen molar-refractivity contribution in [3.63, 3.8) is 0 Å². The van der Waals surface area contributed by atoms with Crippen molar-refractivity contribution in [3.05, 3.63) is 58.9 Å². The van der Waals surface area contributed by atoms with Gasteiger partial charge in [-0.15, -0.1) is 0 Å². The molecule has 112 valence electrons. The van der Waals surface area contributed by atoms with Crippen LogP contribution in [0, 0.1) is 0 Å². The Kier molecular flexibility index (Phi) is 6.03. The molecule has 0 spiro atoms. The van der Waals surface area contributed by atoms with E-state index in [1.54, 1.807) is 6.20 Å². The van der Waals surface area contributed by atoms with Gasteiger partial charge < -0.3 is 10.1 Å². The number of benzene rings is 1. The molecule has 1 atom stereocenters. The minimum Gasteiger partial charge on any atom is -0.492 e. The smallest absolute Gasteiger partial charge is 0.137 e. The summed E-state index contributed by atoms with van der Waals surface area (Å²) in [5.74, 6) is 0.825. The molecule has 0 amide bonds. The van der Waals surface area contributed by atoms with E-state index >= 15 is 0 Å². The van der Waals surface area contributed by atoms with Crippen molar-refractivity contribution in [2.75, 3.05) is 13.7 Å². The average Bonchev–Trinajstić information content (AvgIpc) is 2.52. The lowest BCUT2D eigenvalue weighted by Gasteiger charge is -2.17. The molecule has 1 heterocycles. The van der Waals surface area contributed by atoms with E-state index in [9.17, 15) is 0 Å². The Bertz CT molecular complexity index is 557. The van der Waals surface area contributed by atoms with Crippen molar-refractivity contribution < 1.29 is 4.74 Å². The van der Waals surface area contributed by atoms with Gasteiger partial charge in [0.1, 0.15) is 5.75 Å². The van der Waals surface area contributed by atoms with Gasteiger partial charge in [-0.2, -0.15) is 0 Å². The van der Waals surface area contributed by atoms with Crippen LogP contribution in [0.15, 0.2) is 42.7 Å². The molecule has 21 heavy (non-hydrogen) atoms. The molecule has 0 saturated heterocycles. The van der Waals surface area contributed by atoms with Crippen LogP contribution in [0.3, 0.4) is 0 Å². The fraction of sp³-hybridized carbons (Fsp3) is 0.353. The Morgan fingerprint density at radius 1 is 1.24 bits per heavy atom. The molecular formula is C17H21ClN2O. The van der Waals surface area contributed by atoms with Crippen molar-refractivity contribution in [1.82, 2.24) is 10.3 Å². The van der Waals surface area contributed by atoms with Crippen molar-refractivity contribution in [2.24, 2.45) is 0 Å². The number of rotatable bonds is 7. The maximum absolute atomic E-state index is 5.93. The molecule has 0 bridgehead atoms. The minimum absolute atomic E-state index is 0.198. The van der Waals surface area contributed by atoms with Gasteiger partial charge >= 0.3 is 0 Å². The Morgan fingerprint density at radius 3 is 2.67 bits per heavy atom. The third kappa shape index (κ3) is 4.73. The van der Waals surface area contributed by atoms with Crippen LogP contribution in [0.1, 0.15) is 30.5 Å². The van der Waals surface area contributed by atoms with Crippen LogP contribution in [0.4, 0.5) is 0 Å². The van der Waals surface area contributed by atoms with Gasteiger partial charge in [0, 0.05) is 17.3 Å². The molecule has 0 radical (unpaired) electrons. The van der Waals surface area contributed by atoms with Gasteiger partial charge in [0.2, 0.25) is 0 Å². The summed E-state index contributed by atoms with van der Waals surface area (Å²) in [5.41, 5.74) is 2.36. The van der Waals surface area contributed by atoms with Crippen LogP contribution in [0.2, 0.25) is 5.02 Å². The average molecular weight is 305 g/mol. The number of hydrogen-bond acceptors (Lipinski definition) is 3. The minimum atomic E-state index is 0.198. The Hall–Kier alpha value is -1.58. The van der Waals surface area contributed by atoms with Crippen LogP contribution in [-0.2, 0) is 6.42 Å². The van der Waals surface area contributed by atoms with E-state index in [1.165, 1.54) is 5.56 Å². The van der Waals surface area contributed by atoms with E-state index in [1.807, 2.05) is 25.4 Å². The lowest BCUT2D eigenvalue weighted by molar-refractivity contribution is 0.315. The maximum atomic E-state index is 5.93. The van der Waals surface area contributed by atoms with E-state index in [0.29, 0.717) is 6.61 Å². The lowest BCUT2D eigenvalue weighted by Crippen LogP contribution is -2.19. The van der Waals surface area contributed by atoms with Crippen molar-refractivity contribution >= 4 is 11.6 Å². The highest BCUT2D eigenvalue weighted by Gasteiger charge is 2.11. The first kappa shape index (κ1) is 15.8. The zero-order chi connectivity index (χ0) is 15.1. The second-order valence-electron chi connectivity index (χ2n) is 4.97. The molecule has 1 aromatic carbocycles. The first-order chi connectivity index (χ1) is 10.2. The van der Waals surface area contributed by atoms with E-state index in [0.717, 1.165) is 29.2 Å². The molecule has 0 aliphatic heterocycles. The van der Waals surface area contributed by atoms with E-state index < -0.39 is 0 Å². The molecule has 1 N–H and O–H groups in total. The Morgan fingerprint density at radius 2 is 2.00 bits per heavy atom. The normalized spacial score (nSPS) is 12.1. The quantitative estimate of drug-likeness (QED) is 0.838. The molecule has 0 aliphatic carbocycles. The number of hydrogen-bond donors (Lipinski definition) is 1. The summed E-state index contributed by atoms with van der Waals surface area (Å²) in [6, 6.07) is 10.2.